The Labute approximate surface area is 166 Å². The van der Waals surface area contributed by atoms with Crippen molar-refractivity contribution in [2.75, 3.05) is 14.1 Å². The molecule has 0 bridgehead atoms. The van der Waals surface area contributed by atoms with Crippen molar-refractivity contribution in [1.82, 2.24) is 14.5 Å². The largest absolute Gasteiger partial charge is 0.457 e. The van der Waals surface area contributed by atoms with E-state index in [1.165, 1.54) is 0 Å². The first kappa shape index (κ1) is 19.8. The van der Waals surface area contributed by atoms with E-state index in [9.17, 15) is 4.79 Å². The van der Waals surface area contributed by atoms with Crippen LogP contribution in [-0.2, 0) is 13.5 Å². The van der Waals surface area contributed by atoms with Crippen molar-refractivity contribution in [2.24, 2.45) is 7.05 Å². The number of nitrogens with zero attached hydrogens (tertiary/aromatic N) is 3. The Hall–Kier alpha value is -2.92. The van der Waals surface area contributed by atoms with E-state index in [1.54, 1.807) is 6.07 Å². The summed E-state index contributed by atoms with van der Waals surface area (Å²) in [5.74, 6) is 2.31. The number of rotatable bonds is 7. The van der Waals surface area contributed by atoms with Gasteiger partial charge < -0.3 is 9.30 Å². The highest BCUT2D eigenvalue weighted by atomic mass is 16.5. The molecule has 3 aromatic rings. The summed E-state index contributed by atoms with van der Waals surface area (Å²) in [5, 5.41) is 0. The van der Waals surface area contributed by atoms with Gasteiger partial charge in [-0.25, -0.2) is 4.98 Å². The molecule has 1 atom stereocenters. The molecule has 5 nitrogen and oxygen atoms in total. The molecule has 0 aliphatic rings. The fraction of sp³-hybridized carbons (Fsp3) is 0.304. The van der Waals surface area contributed by atoms with Crippen molar-refractivity contribution < 1.29 is 9.53 Å². The van der Waals surface area contributed by atoms with Crippen LogP contribution in [0.15, 0.2) is 48.7 Å². The number of hydrogen-bond donors (Lipinski definition) is 0. The summed E-state index contributed by atoms with van der Waals surface area (Å²) < 4.78 is 8.10. The summed E-state index contributed by atoms with van der Waals surface area (Å²) in [4.78, 5) is 18.0. The van der Waals surface area contributed by atoms with Crippen LogP contribution >= 0.6 is 0 Å². The third-order valence-electron chi connectivity index (χ3n) is 5.16. The van der Waals surface area contributed by atoms with Crippen LogP contribution in [0.25, 0.3) is 11.3 Å². The Balaban J connectivity index is 1.84. The monoisotopic (exact) mass is 377 g/mol. The number of carbonyl (C=O) groups excluding carboxylic acids is 1. The Morgan fingerprint density at radius 3 is 2.50 bits per heavy atom. The van der Waals surface area contributed by atoms with Gasteiger partial charge in [0.1, 0.15) is 17.3 Å². The fourth-order valence-corrected chi connectivity index (χ4v) is 3.12. The molecule has 0 unspecified atom stereocenters. The van der Waals surface area contributed by atoms with Crippen LogP contribution in [0.1, 0.15) is 41.6 Å². The van der Waals surface area contributed by atoms with Gasteiger partial charge >= 0.3 is 0 Å². The van der Waals surface area contributed by atoms with Gasteiger partial charge in [-0.2, -0.15) is 0 Å². The van der Waals surface area contributed by atoms with Crippen molar-refractivity contribution in [3.8, 4) is 22.8 Å². The van der Waals surface area contributed by atoms with Crippen LogP contribution in [0.3, 0.4) is 0 Å². The summed E-state index contributed by atoms with van der Waals surface area (Å²) >= 11 is 0. The molecule has 5 heteroatoms. The maximum atomic E-state index is 11.3. The number of imidazole rings is 1. The molecule has 0 amide bonds. The minimum Gasteiger partial charge on any atom is -0.457 e. The molecule has 0 aliphatic carbocycles. The minimum atomic E-state index is 0.231. The lowest BCUT2D eigenvalue weighted by Gasteiger charge is -2.19. The number of aryl methyl sites for hydroxylation is 1. The van der Waals surface area contributed by atoms with Crippen molar-refractivity contribution in [2.45, 2.75) is 26.3 Å². The SMILES string of the molecule is CCc1ccc(C=O)c(Oc2ccc(-c3cnc([C@@H](C)N(C)C)n3C)cc2)c1. The van der Waals surface area contributed by atoms with Crippen LogP contribution in [0.5, 0.6) is 11.5 Å². The molecule has 0 N–H and O–H groups in total. The summed E-state index contributed by atoms with van der Waals surface area (Å²) in [6.45, 7) is 4.21. The lowest BCUT2D eigenvalue weighted by atomic mass is 10.1. The average Bonchev–Trinajstić information content (AvgIpc) is 3.09. The average molecular weight is 377 g/mol. The van der Waals surface area contributed by atoms with Crippen LogP contribution in [0.2, 0.25) is 0 Å². The minimum absolute atomic E-state index is 0.231. The van der Waals surface area contributed by atoms with Gasteiger partial charge in [0.15, 0.2) is 6.29 Å². The Kier molecular flexibility index (Phi) is 5.95. The quantitative estimate of drug-likeness (QED) is 0.551. The third kappa shape index (κ3) is 3.99. The van der Waals surface area contributed by atoms with Gasteiger partial charge in [-0.1, -0.05) is 13.0 Å². The number of aldehydes is 1. The van der Waals surface area contributed by atoms with E-state index in [0.29, 0.717) is 17.1 Å². The second-order valence-corrected chi connectivity index (χ2v) is 7.17. The van der Waals surface area contributed by atoms with Gasteiger partial charge in [0, 0.05) is 12.6 Å². The third-order valence-corrected chi connectivity index (χ3v) is 5.16. The van der Waals surface area contributed by atoms with Crippen LogP contribution in [-0.4, -0.2) is 34.8 Å². The molecule has 3 rings (SSSR count). The second-order valence-electron chi connectivity index (χ2n) is 7.17. The zero-order valence-corrected chi connectivity index (χ0v) is 17.1. The fourth-order valence-electron chi connectivity index (χ4n) is 3.12. The number of benzene rings is 2. The topological polar surface area (TPSA) is 47.4 Å². The van der Waals surface area contributed by atoms with Crippen LogP contribution < -0.4 is 4.74 Å². The van der Waals surface area contributed by atoms with Crippen molar-refractivity contribution in [1.29, 1.82) is 0 Å². The maximum absolute atomic E-state index is 11.3. The molecular weight excluding hydrogens is 350 g/mol. The van der Waals surface area contributed by atoms with E-state index in [-0.39, 0.29) is 6.04 Å². The van der Waals surface area contributed by atoms with E-state index in [2.05, 4.69) is 28.3 Å². The van der Waals surface area contributed by atoms with E-state index >= 15 is 0 Å². The van der Waals surface area contributed by atoms with Gasteiger partial charge in [-0.05, 0) is 69.4 Å². The van der Waals surface area contributed by atoms with Gasteiger partial charge in [0.2, 0.25) is 0 Å². The molecule has 0 fully saturated rings. The first-order chi connectivity index (χ1) is 13.4. The molecule has 0 spiro atoms. The van der Waals surface area contributed by atoms with Crippen molar-refractivity contribution >= 4 is 6.29 Å². The molecule has 2 aromatic carbocycles. The van der Waals surface area contributed by atoms with E-state index in [4.69, 9.17) is 4.74 Å². The number of hydrogen-bond acceptors (Lipinski definition) is 4. The van der Waals surface area contributed by atoms with Gasteiger partial charge in [0.05, 0.1) is 23.5 Å². The standard InChI is InChI=1S/C23H27N3O2/c1-6-17-7-8-19(15-27)22(13-17)28-20-11-9-18(10-12-20)21-14-24-23(26(21)5)16(2)25(3)4/h7-16H,6H2,1-5H3/t16-/m1/s1. The predicted molar refractivity (Wildman–Crippen MR) is 112 cm³/mol. The summed E-state index contributed by atoms with van der Waals surface area (Å²) in [5.41, 5.74) is 3.80. The van der Waals surface area contributed by atoms with Crippen molar-refractivity contribution in [3.63, 3.8) is 0 Å². The van der Waals surface area contributed by atoms with Crippen molar-refractivity contribution in [3.05, 3.63) is 65.6 Å². The molecule has 146 valence electrons. The van der Waals surface area contributed by atoms with Gasteiger partial charge in [-0.3, -0.25) is 9.69 Å². The predicted octanol–water partition coefficient (Wildman–Crippen LogP) is 4.88. The molecule has 1 aromatic heterocycles. The lowest BCUT2D eigenvalue weighted by molar-refractivity contribution is 0.112. The van der Waals surface area contributed by atoms with E-state index < -0.39 is 0 Å². The van der Waals surface area contributed by atoms with Gasteiger partial charge in [-0.15, -0.1) is 0 Å². The Morgan fingerprint density at radius 1 is 1.18 bits per heavy atom. The highest BCUT2D eigenvalue weighted by Crippen LogP contribution is 2.29. The highest BCUT2D eigenvalue weighted by Gasteiger charge is 2.16. The molecule has 0 aliphatic heterocycles. The summed E-state index contributed by atoms with van der Waals surface area (Å²) in [6.07, 6.45) is 3.62. The highest BCUT2D eigenvalue weighted by molar-refractivity contribution is 5.79. The smallest absolute Gasteiger partial charge is 0.153 e. The molecule has 28 heavy (non-hydrogen) atoms. The van der Waals surface area contributed by atoms with E-state index in [1.807, 2.05) is 63.7 Å². The van der Waals surface area contributed by atoms with E-state index in [0.717, 1.165) is 35.4 Å². The first-order valence-electron chi connectivity index (χ1n) is 9.49. The van der Waals surface area contributed by atoms with Crippen LogP contribution in [0, 0.1) is 0 Å². The zero-order chi connectivity index (χ0) is 20.3. The summed E-state index contributed by atoms with van der Waals surface area (Å²) in [6, 6.07) is 13.8. The zero-order valence-electron chi connectivity index (χ0n) is 17.1. The Morgan fingerprint density at radius 2 is 1.89 bits per heavy atom. The molecule has 0 radical (unpaired) electrons. The van der Waals surface area contributed by atoms with Gasteiger partial charge in [0.25, 0.3) is 0 Å². The normalized spacial score (nSPS) is 12.2. The molecule has 1 heterocycles. The van der Waals surface area contributed by atoms with Crippen LogP contribution in [0.4, 0.5) is 0 Å². The number of carbonyl (C=O) groups is 1. The molecular formula is C23H27N3O2. The molecule has 0 saturated carbocycles. The molecule has 0 saturated heterocycles. The summed E-state index contributed by atoms with van der Waals surface area (Å²) in [7, 11) is 6.13. The first-order valence-corrected chi connectivity index (χ1v) is 9.49. The Bertz CT molecular complexity index is 958. The maximum Gasteiger partial charge on any atom is 0.153 e. The number of aromatic nitrogens is 2. The number of ether oxygens (including phenoxy) is 1. The second kappa shape index (κ2) is 8.40. The lowest BCUT2D eigenvalue weighted by Crippen LogP contribution is -2.20.